The van der Waals surface area contributed by atoms with Crippen molar-refractivity contribution in [1.29, 1.82) is 0 Å². The zero-order chi connectivity index (χ0) is 15.1. The van der Waals surface area contributed by atoms with E-state index in [9.17, 15) is 0 Å². The number of hydrogen-bond donors (Lipinski definition) is 0. The van der Waals surface area contributed by atoms with Crippen molar-refractivity contribution in [1.82, 2.24) is 0 Å². The zero-order valence-electron chi connectivity index (χ0n) is 13.2. The molecule has 0 saturated carbocycles. The van der Waals surface area contributed by atoms with Gasteiger partial charge in [0.15, 0.2) is 0 Å². The number of hydrogen-bond acceptors (Lipinski definition) is 3. The fraction of sp³-hybridized carbons (Fsp3) is 0.733. The molecular weight excluding hydrogens is 274 g/mol. The third-order valence-corrected chi connectivity index (χ3v) is 4.48. The Bertz CT molecular complexity index is 424. The molecule has 0 aromatic rings. The van der Waals surface area contributed by atoms with E-state index >= 15 is 0 Å². The number of halogens is 1. The molecule has 112 valence electrons. The Morgan fingerprint density at radius 3 is 2.20 bits per heavy atom. The molecule has 0 aromatic carbocycles. The van der Waals surface area contributed by atoms with E-state index in [1.807, 2.05) is 26.0 Å². The average Bonchev–Trinajstić information content (AvgIpc) is 2.50. The lowest BCUT2D eigenvalue weighted by molar-refractivity contribution is 0.00578. The summed E-state index contributed by atoms with van der Waals surface area (Å²) in [5.41, 5.74) is 0.428. The molecule has 1 saturated heterocycles. The minimum Gasteiger partial charge on any atom is -0.494 e. The van der Waals surface area contributed by atoms with Crippen LogP contribution in [0.2, 0.25) is 0 Å². The Hall–Kier alpha value is -0.445. The summed E-state index contributed by atoms with van der Waals surface area (Å²) in [6.07, 6.45) is 4.77. The highest BCUT2D eigenvalue weighted by Crippen LogP contribution is 2.40. The van der Waals surface area contributed by atoms with Gasteiger partial charge in [-0.05, 0) is 59.5 Å². The van der Waals surface area contributed by atoms with Gasteiger partial charge in [0, 0.05) is 0 Å². The quantitative estimate of drug-likeness (QED) is 0.585. The second-order valence-corrected chi connectivity index (χ2v) is 7.26. The van der Waals surface area contributed by atoms with E-state index in [1.54, 1.807) is 0 Å². The van der Waals surface area contributed by atoms with Gasteiger partial charge in [-0.1, -0.05) is 6.08 Å². The van der Waals surface area contributed by atoms with Crippen LogP contribution in [0, 0.1) is 0 Å². The first kappa shape index (κ1) is 15.9. The molecule has 0 radical (unpaired) electrons. The number of ether oxygens (including phenoxy) is 1. The van der Waals surface area contributed by atoms with Gasteiger partial charge in [-0.15, -0.1) is 11.6 Å². The maximum absolute atomic E-state index is 6.40. The summed E-state index contributed by atoms with van der Waals surface area (Å²) in [7, 11) is -0.321. The van der Waals surface area contributed by atoms with Crippen LogP contribution >= 0.6 is 11.6 Å². The molecule has 0 spiro atoms. The van der Waals surface area contributed by atoms with Crippen LogP contribution < -0.4 is 0 Å². The molecule has 2 rings (SSSR count). The van der Waals surface area contributed by atoms with Crippen molar-refractivity contribution < 1.29 is 14.0 Å². The predicted octanol–water partition coefficient (Wildman–Crippen LogP) is 3.86. The fourth-order valence-corrected chi connectivity index (χ4v) is 2.53. The second kappa shape index (κ2) is 5.40. The number of alkyl halides is 1. The molecule has 1 heterocycles. The Morgan fingerprint density at radius 1 is 1.20 bits per heavy atom. The van der Waals surface area contributed by atoms with Crippen LogP contribution in [0.15, 0.2) is 23.4 Å². The molecule has 2 aliphatic rings. The highest BCUT2D eigenvalue weighted by Gasteiger charge is 2.52. The fourth-order valence-electron chi connectivity index (χ4n) is 2.22. The SMILES string of the molecule is CC(C)OC1=CC=C(B2OC(C)(C)C(C)(C)O2)CC1Cl. The summed E-state index contributed by atoms with van der Waals surface area (Å²) in [5.74, 6) is 0.821. The molecule has 0 aromatic heterocycles. The topological polar surface area (TPSA) is 27.7 Å². The Morgan fingerprint density at radius 2 is 1.75 bits per heavy atom. The van der Waals surface area contributed by atoms with Gasteiger partial charge >= 0.3 is 7.12 Å². The van der Waals surface area contributed by atoms with Crippen LogP contribution in [-0.4, -0.2) is 29.8 Å². The monoisotopic (exact) mass is 298 g/mol. The van der Waals surface area contributed by atoms with Crippen molar-refractivity contribution >= 4 is 18.7 Å². The van der Waals surface area contributed by atoms with Crippen molar-refractivity contribution in [3.63, 3.8) is 0 Å². The molecule has 1 atom stereocenters. The van der Waals surface area contributed by atoms with Gasteiger partial charge in [0.05, 0.1) is 22.7 Å². The Balaban J connectivity index is 2.13. The molecule has 1 aliphatic carbocycles. The van der Waals surface area contributed by atoms with Gasteiger partial charge < -0.3 is 14.0 Å². The van der Waals surface area contributed by atoms with E-state index in [1.165, 1.54) is 0 Å². The highest BCUT2D eigenvalue weighted by atomic mass is 35.5. The summed E-state index contributed by atoms with van der Waals surface area (Å²) in [6.45, 7) is 12.2. The van der Waals surface area contributed by atoms with Crippen molar-refractivity contribution in [3.8, 4) is 0 Å². The lowest BCUT2D eigenvalue weighted by Crippen LogP contribution is -2.41. The first-order chi connectivity index (χ1) is 9.12. The van der Waals surface area contributed by atoms with Crippen LogP contribution in [0.1, 0.15) is 48.0 Å². The molecule has 20 heavy (non-hydrogen) atoms. The van der Waals surface area contributed by atoms with Crippen molar-refractivity contribution in [2.75, 3.05) is 0 Å². The van der Waals surface area contributed by atoms with E-state index in [0.29, 0.717) is 6.42 Å². The van der Waals surface area contributed by atoms with Gasteiger partial charge in [-0.2, -0.15) is 0 Å². The number of allylic oxidation sites excluding steroid dienone is 4. The average molecular weight is 299 g/mol. The predicted molar refractivity (Wildman–Crippen MR) is 82.7 cm³/mol. The van der Waals surface area contributed by atoms with Crippen LogP contribution in [0.3, 0.4) is 0 Å². The standard InChI is InChI=1S/C15H24BClO3/c1-10(2)18-13-8-7-11(9-12(13)17)16-19-14(3,4)15(5,6)20-16/h7-8,10,12H,9H2,1-6H3. The molecule has 1 unspecified atom stereocenters. The Kier molecular flexibility index (Phi) is 4.30. The first-order valence-corrected chi connectivity index (χ1v) is 7.63. The highest BCUT2D eigenvalue weighted by molar-refractivity contribution is 6.55. The third-order valence-electron chi connectivity index (χ3n) is 4.11. The lowest BCUT2D eigenvalue weighted by Gasteiger charge is -2.32. The molecule has 0 amide bonds. The minimum absolute atomic E-state index is 0.134. The molecule has 1 aliphatic heterocycles. The molecule has 0 bridgehead atoms. The smallest absolute Gasteiger partial charge is 0.490 e. The van der Waals surface area contributed by atoms with Crippen LogP contribution in [0.5, 0.6) is 0 Å². The minimum atomic E-state index is -0.321. The van der Waals surface area contributed by atoms with Crippen LogP contribution in [-0.2, 0) is 14.0 Å². The van der Waals surface area contributed by atoms with Gasteiger partial charge in [0.2, 0.25) is 0 Å². The molecule has 3 nitrogen and oxygen atoms in total. The summed E-state index contributed by atoms with van der Waals surface area (Å²) in [4.78, 5) is 0. The summed E-state index contributed by atoms with van der Waals surface area (Å²) in [6, 6.07) is 0. The van der Waals surface area contributed by atoms with Crippen molar-refractivity contribution in [2.45, 2.75) is 70.6 Å². The normalized spacial score (nSPS) is 28.4. The van der Waals surface area contributed by atoms with Crippen LogP contribution in [0.25, 0.3) is 0 Å². The zero-order valence-corrected chi connectivity index (χ0v) is 14.0. The lowest BCUT2D eigenvalue weighted by atomic mass is 9.73. The second-order valence-electron chi connectivity index (χ2n) is 6.74. The molecular formula is C15H24BClO3. The largest absolute Gasteiger partial charge is 0.494 e. The van der Waals surface area contributed by atoms with Gasteiger partial charge in [0.25, 0.3) is 0 Å². The van der Waals surface area contributed by atoms with Crippen molar-refractivity contribution in [3.05, 3.63) is 23.4 Å². The summed E-state index contributed by atoms with van der Waals surface area (Å²) < 4.78 is 17.8. The van der Waals surface area contributed by atoms with Crippen molar-refractivity contribution in [2.24, 2.45) is 0 Å². The maximum Gasteiger partial charge on any atom is 0.490 e. The van der Waals surface area contributed by atoms with E-state index < -0.39 is 0 Å². The summed E-state index contributed by atoms with van der Waals surface area (Å²) in [5, 5.41) is -0.156. The van der Waals surface area contributed by atoms with E-state index in [2.05, 4.69) is 27.7 Å². The molecule has 5 heteroatoms. The first-order valence-electron chi connectivity index (χ1n) is 7.19. The van der Waals surface area contributed by atoms with Gasteiger partial charge in [-0.25, -0.2) is 0 Å². The van der Waals surface area contributed by atoms with E-state index in [0.717, 1.165) is 11.2 Å². The number of rotatable bonds is 3. The van der Waals surface area contributed by atoms with Gasteiger partial charge in [0.1, 0.15) is 5.76 Å². The summed E-state index contributed by atoms with van der Waals surface area (Å²) >= 11 is 6.40. The molecule has 1 fully saturated rings. The van der Waals surface area contributed by atoms with E-state index in [-0.39, 0.29) is 29.8 Å². The Labute approximate surface area is 127 Å². The molecule has 0 N–H and O–H groups in total. The van der Waals surface area contributed by atoms with Gasteiger partial charge in [-0.3, -0.25) is 0 Å². The maximum atomic E-state index is 6.40. The van der Waals surface area contributed by atoms with Crippen LogP contribution in [0.4, 0.5) is 0 Å². The van der Waals surface area contributed by atoms with E-state index in [4.69, 9.17) is 25.6 Å². The third kappa shape index (κ3) is 3.08.